The average Bonchev–Trinajstić information content (AvgIpc) is 3.54. The minimum atomic E-state index is -1.04. The van der Waals surface area contributed by atoms with Gasteiger partial charge in [0.15, 0.2) is 23.0 Å². The van der Waals surface area contributed by atoms with E-state index in [1.54, 1.807) is 33.1 Å². The molecule has 5 atom stereocenters. The summed E-state index contributed by atoms with van der Waals surface area (Å²) in [4.78, 5) is 0. The van der Waals surface area contributed by atoms with Crippen LogP contribution >= 0.6 is 0 Å². The first-order valence-corrected chi connectivity index (χ1v) is 14.1. The number of phenols is 1. The van der Waals surface area contributed by atoms with Gasteiger partial charge in [0.05, 0.1) is 41.2 Å². The zero-order chi connectivity index (χ0) is 28.2. The Balaban J connectivity index is 1.26. The number of ether oxygens (including phenoxy) is 4. The predicted octanol–water partition coefficient (Wildman–Crippen LogP) is 4.81. The van der Waals surface area contributed by atoms with E-state index in [0.29, 0.717) is 59.4 Å². The van der Waals surface area contributed by atoms with Crippen LogP contribution in [0.15, 0.2) is 30.5 Å². The number of aromatic hydroxyl groups is 1. The molecule has 1 heterocycles. The van der Waals surface area contributed by atoms with Crippen molar-refractivity contribution in [2.24, 2.45) is 17.3 Å². The molecule has 0 radical (unpaired) electrons. The molecule has 0 saturated heterocycles. The molecule has 40 heavy (non-hydrogen) atoms. The second-order valence-corrected chi connectivity index (χ2v) is 11.8. The fourth-order valence-corrected chi connectivity index (χ4v) is 8.17. The van der Waals surface area contributed by atoms with Crippen molar-refractivity contribution >= 4 is 0 Å². The van der Waals surface area contributed by atoms with Crippen molar-refractivity contribution in [3.8, 4) is 28.7 Å². The van der Waals surface area contributed by atoms with E-state index in [2.05, 4.69) is 17.2 Å². The highest BCUT2D eigenvalue weighted by atomic mass is 16.5. The maximum absolute atomic E-state index is 12.3. The number of nitrogens with zero attached hydrogens (tertiary/aromatic N) is 3. The third-order valence-electron chi connectivity index (χ3n) is 10.2. The maximum atomic E-state index is 12.3. The summed E-state index contributed by atoms with van der Waals surface area (Å²) in [7, 11) is 6.38. The lowest BCUT2D eigenvalue weighted by molar-refractivity contribution is -0.111. The number of phenolic OH excluding ortho intramolecular Hbond substituents is 1. The van der Waals surface area contributed by atoms with E-state index in [9.17, 15) is 10.2 Å². The zero-order valence-corrected chi connectivity index (χ0v) is 23.9. The molecule has 1 aromatic heterocycles. The van der Waals surface area contributed by atoms with Gasteiger partial charge in [0.25, 0.3) is 0 Å². The molecule has 9 heteroatoms. The van der Waals surface area contributed by atoms with Gasteiger partial charge in [0, 0.05) is 5.41 Å². The minimum Gasteiger partial charge on any atom is -0.504 e. The predicted molar refractivity (Wildman–Crippen MR) is 148 cm³/mol. The summed E-state index contributed by atoms with van der Waals surface area (Å²) in [6.07, 6.45) is 7.41. The first-order valence-electron chi connectivity index (χ1n) is 14.1. The third kappa shape index (κ3) is 3.92. The maximum Gasteiger partial charge on any atom is 0.203 e. The first kappa shape index (κ1) is 26.7. The molecule has 0 aliphatic heterocycles. The van der Waals surface area contributed by atoms with Gasteiger partial charge in [0.2, 0.25) is 5.75 Å². The highest BCUT2D eigenvalue weighted by molar-refractivity contribution is 5.54. The van der Waals surface area contributed by atoms with Crippen LogP contribution < -0.4 is 18.9 Å². The second kappa shape index (κ2) is 9.87. The van der Waals surface area contributed by atoms with Crippen LogP contribution in [-0.4, -0.2) is 53.6 Å². The van der Waals surface area contributed by atoms with Gasteiger partial charge in [-0.15, -0.1) is 5.10 Å². The zero-order valence-electron chi connectivity index (χ0n) is 23.9. The fourth-order valence-electron chi connectivity index (χ4n) is 8.17. The minimum absolute atomic E-state index is 0.213. The summed E-state index contributed by atoms with van der Waals surface area (Å²) in [6.45, 7) is 2.71. The molecule has 3 aliphatic carbocycles. The van der Waals surface area contributed by atoms with E-state index in [0.717, 1.165) is 37.7 Å². The molecule has 9 nitrogen and oxygen atoms in total. The fraction of sp³-hybridized carbons (Fsp3) is 0.548. The Morgan fingerprint density at radius 2 is 1.65 bits per heavy atom. The van der Waals surface area contributed by atoms with Crippen LogP contribution in [0.2, 0.25) is 0 Å². The van der Waals surface area contributed by atoms with Gasteiger partial charge in [-0.1, -0.05) is 12.1 Å². The molecular formula is C31H39N3O6. The van der Waals surface area contributed by atoms with Gasteiger partial charge in [-0.05, 0) is 97.2 Å². The van der Waals surface area contributed by atoms with Crippen molar-refractivity contribution in [2.75, 3.05) is 28.4 Å². The second-order valence-electron chi connectivity index (χ2n) is 11.8. The van der Waals surface area contributed by atoms with E-state index >= 15 is 0 Å². The van der Waals surface area contributed by atoms with Gasteiger partial charge >= 0.3 is 0 Å². The summed E-state index contributed by atoms with van der Waals surface area (Å²) in [5.41, 5.74) is 2.77. The Hall–Kier alpha value is -3.46. The first-order chi connectivity index (χ1) is 19.3. The lowest BCUT2D eigenvalue weighted by Gasteiger charge is -2.52. The Morgan fingerprint density at radius 3 is 2.33 bits per heavy atom. The van der Waals surface area contributed by atoms with Crippen LogP contribution in [0, 0.1) is 17.3 Å². The van der Waals surface area contributed by atoms with Crippen molar-refractivity contribution < 1.29 is 29.2 Å². The molecule has 2 saturated carbocycles. The molecule has 0 spiro atoms. The standard InChI is InChI=1S/C31H39N3O6/c1-30-10-8-20-21(7-6-19-14-24(35)25(37-2)15-22(19)20)23(30)9-11-31(30,36)28-17-34(33-32-28)16-18-12-26(38-3)29(40-5)27(13-18)39-4/h12-15,17,20-21,23,35-36H,6-11,16H2,1-5H3/t20-,21+,23-,30-,31+/m0/s1. The number of benzene rings is 2. The number of methoxy groups -OCH3 is 4. The van der Waals surface area contributed by atoms with Crippen molar-refractivity contribution in [1.82, 2.24) is 15.0 Å². The van der Waals surface area contributed by atoms with Gasteiger partial charge < -0.3 is 29.2 Å². The molecule has 0 unspecified atom stereocenters. The number of aliphatic hydroxyl groups is 1. The topological polar surface area (TPSA) is 108 Å². The Bertz CT molecular complexity index is 1400. The molecule has 2 aromatic carbocycles. The molecule has 2 N–H and O–H groups in total. The van der Waals surface area contributed by atoms with Gasteiger partial charge in [-0.2, -0.15) is 0 Å². The molecule has 3 aliphatic rings. The number of aromatic nitrogens is 3. The van der Waals surface area contributed by atoms with Gasteiger partial charge in [0.1, 0.15) is 11.3 Å². The molecule has 2 fully saturated rings. The SMILES string of the molecule is COc1cc2c(cc1O)CC[C@@H]1[C@@H]2CC[C@@]2(C)[C@H]1CC[C@@]2(O)c1cn(Cc2cc(OC)c(OC)c(OC)c2)nn1. The Morgan fingerprint density at radius 1 is 0.925 bits per heavy atom. The van der Waals surface area contributed by atoms with E-state index in [-0.39, 0.29) is 11.2 Å². The lowest BCUT2D eigenvalue weighted by atomic mass is 9.53. The molecule has 6 rings (SSSR count). The number of aryl methyl sites for hydroxylation is 1. The summed E-state index contributed by atoms with van der Waals surface area (Å²) in [5, 5.41) is 31.6. The van der Waals surface area contributed by atoms with E-state index in [1.165, 1.54) is 11.1 Å². The van der Waals surface area contributed by atoms with Gasteiger partial charge in [-0.3, -0.25) is 0 Å². The van der Waals surface area contributed by atoms with Crippen LogP contribution in [0.25, 0.3) is 0 Å². The van der Waals surface area contributed by atoms with Crippen LogP contribution in [-0.2, 0) is 18.6 Å². The molecule has 214 valence electrons. The molecule has 0 bridgehead atoms. The largest absolute Gasteiger partial charge is 0.504 e. The van der Waals surface area contributed by atoms with Crippen molar-refractivity contribution in [2.45, 2.75) is 63.5 Å². The highest BCUT2D eigenvalue weighted by Gasteiger charge is 2.63. The molecule has 3 aromatic rings. The van der Waals surface area contributed by atoms with Crippen molar-refractivity contribution in [3.63, 3.8) is 0 Å². The van der Waals surface area contributed by atoms with Crippen LogP contribution in [0.3, 0.4) is 0 Å². The summed E-state index contributed by atoms with van der Waals surface area (Å²) in [5.74, 6) is 3.73. The van der Waals surface area contributed by atoms with E-state index in [1.807, 2.05) is 30.5 Å². The van der Waals surface area contributed by atoms with Crippen LogP contribution in [0.5, 0.6) is 28.7 Å². The summed E-state index contributed by atoms with van der Waals surface area (Å²) >= 11 is 0. The normalized spacial score (nSPS) is 28.8. The quantitative estimate of drug-likeness (QED) is 0.432. The van der Waals surface area contributed by atoms with E-state index in [4.69, 9.17) is 18.9 Å². The molecule has 0 amide bonds. The summed E-state index contributed by atoms with van der Waals surface area (Å²) in [6, 6.07) is 7.73. The van der Waals surface area contributed by atoms with E-state index < -0.39 is 5.60 Å². The summed E-state index contributed by atoms with van der Waals surface area (Å²) < 4.78 is 23.7. The van der Waals surface area contributed by atoms with Crippen molar-refractivity contribution in [3.05, 3.63) is 52.8 Å². The lowest BCUT2D eigenvalue weighted by Crippen LogP contribution is -2.49. The Kier molecular flexibility index (Phi) is 6.60. The smallest absolute Gasteiger partial charge is 0.203 e. The van der Waals surface area contributed by atoms with Crippen LogP contribution in [0.4, 0.5) is 0 Å². The van der Waals surface area contributed by atoms with Crippen molar-refractivity contribution in [1.29, 1.82) is 0 Å². The Labute approximate surface area is 235 Å². The van der Waals surface area contributed by atoms with Gasteiger partial charge in [-0.25, -0.2) is 4.68 Å². The average molecular weight is 550 g/mol. The van der Waals surface area contributed by atoms with Crippen LogP contribution in [0.1, 0.15) is 67.3 Å². The number of hydrogen-bond acceptors (Lipinski definition) is 8. The number of rotatable bonds is 7. The third-order valence-corrected chi connectivity index (χ3v) is 10.2. The monoisotopic (exact) mass is 549 g/mol. The highest BCUT2D eigenvalue weighted by Crippen LogP contribution is 2.67. The molecular weight excluding hydrogens is 510 g/mol. The number of fused-ring (bicyclic) bond motifs is 5. The number of hydrogen-bond donors (Lipinski definition) is 2.